The molecule has 5 heteroatoms. The van der Waals surface area contributed by atoms with Crippen molar-refractivity contribution < 1.29 is 0 Å². The molecule has 0 N–H and O–H groups in total. The highest BCUT2D eigenvalue weighted by Gasteiger charge is 2.28. The maximum atomic E-state index is 5.18. The first-order valence-corrected chi connectivity index (χ1v) is 24.8. The van der Waals surface area contributed by atoms with E-state index in [0.29, 0.717) is 23.7 Å². The monoisotopic (exact) mass is 868 g/mol. The maximum Gasteiger partial charge on any atom is 0.144 e. The predicted molar refractivity (Wildman–Crippen MR) is 276 cm³/mol. The normalized spacial score (nSPS) is 14.9. The van der Waals surface area contributed by atoms with Gasteiger partial charge in [-0.1, -0.05) is 157 Å². The third-order valence-corrected chi connectivity index (χ3v) is 14.4. The third kappa shape index (κ3) is 8.68. The Balaban J connectivity index is 1.07. The lowest BCUT2D eigenvalue weighted by Gasteiger charge is -2.31. The quantitative estimate of drug-likeness (QED) is 0.123. The molecule has 2 aliphatic rings. The molecule has 2 heterocycles. The molecule has 2 saturated carbocycles. The van der Waals surface area contributed by atoms with E-state index < -0.39 is 0 Å². The van der Waals surface area contributed by atoms with Crippen LogP contribution in [0.3, 0.4) is 0 Å². The number of imidazole rings is 2. The van der Waals surface area contributed by atoms with E-state index in [9.17, 15) is 0 Å². The van der Waals surface area contributed by atoms with Gasteiger partial charge in [0.2, 0.25) is 0 Å². The summed E-state index contributed by atoms with van der Waals surface area (Å²) in [5.41, 5.74) is 17.6. The van der Waals surface area contributed by atoms with E-state index in [1.165, 1.54) is 115 Å². The Hall–Kier alpha value is -6.46. The molecule has 8 aromatic rings. The minimum absolute atomic E-state index is 0.308. The summed E-state index contributed by atoms with van der Waals surface area (Å²) in [6.07, 6.45) is 21.4. The zero-order chi connectivity index (χ0) is 45.1. The first-order chi connectivity index (χ1) is 32.3. The Morgan fingerprint density at radius 3 is 1.38 bits per heavy atom. The second-order valence-corrected chi connectivity index (χ2v) is 19.7. The van der Waals surface area contributed by atoms with Gasteiger partial charge in [0, 0.05) is 53.0 Å². The van der Waals surface area contributed by atoms with E-state index in [4.69, 9.17) is 9.97 Å². The molecule has 66 heavy (non-hydrogen) atoms. The molecule has 2 aromatic heterocycles. The second-order valence-electron chi connectivity index (χ2n) is 19.7. The Labute approximate surface area is 393 Å². The van der Waals surface area contributed by atoms with Gasteiger partial charge >= 0.3 is 0 Å². The number of benzene rings is 6. The summed E-state index contributed by atoms with van der Waals surface area (Å²) in [4.78, 5) is 12.7. The van der Waals surface area contributed by atoms with Crippen molar-refractivity contribution in [2.75, 3.05) is 4.90 Å². The first kappa shape index (κ1) is 43.4. The van der Waals surface area contributed by atoms with Crippen LogP contribution in [0.2, 0.25) is 0 Å². The fourth-order valence-electron chi connectivity index (χ4n) is 11.2. The second kappa shape index (κ2) is 19.2. The average Bonchev–Trinajstić information content (AvgIpc) is 4.06. The summed E-state index contributed by atoms with van der Waals surface area (Å²) in [5.74, 6) is 3.70. The van der Waals surface area contributed by atoms with Crippen molar-refractivity contribution in [3.8, 4) is 45.3 Å². The van der Waals surface area contributed by atoms with Crippen LogP contribution in [0.15, 0.2) is 158 Å². The largest absolute Gasteiger partial charge is 0.310 e. The van der Waals surface area contributed by atoms with Crippen LogP contribution in [0, 0.1) is 6.92 Å². The van der Waals surface area contributed by atoms with E-state index in [1.54, 1.807) is 0 Å². The molecule has 0 saturated heterocycles. The van der Waals surface area contributed by atoms with Crippen molar-refractivity contribution in [2.24, 2.45) is 0 Å². The topological polar surface area (TPSA) is 38.9 Å². The highest BCUT2D eigenvalue weighted by atomic mass is 15.1. The number of nitrogens with zero attached hydrogens (tertiary/aromatic N) is 5. The number of hydrogen-bond acceptors (Lipinski definition) is 3. The fourth-order valence-corrected chi connectivity index (χ4v) is 11.2. The summed E-state index contributed by atoms with van der Waals surface area (Å²) in [6.45, 7) is 11.5. The van der Waals surface area contributed by atoms with Crippen LogP contribution in [0.5, 0.6) is 0 Å². The van der Waals surface area contributed by atoms with Crippen LogP contribution in [0.1, 0.15) is 143 Å². The molecular formula is C61H65N5. The Kier molecular flexibility index (Phi) is 12.6. The van der Waals surface area contributed by atoms with E-state index in [0.717, 1.165) is 39.8 Å². The third-order valence-electron chi connectivity index (χ3n) is 14.4. The molecule has 5 nitrogen and oxygen atoms in total. The van der Waals surface area contributed by atoms with E-state index in [2.05, 4.69) is 195 Å². The van der Waals surface area contributed by atoms with Crippen molar-refractivity contribution in [1.82, 2.24) is 19.1 Å². The minimum Gasteiger partial charge on any atom is -0.310 e. The van der Waals surface area contributed by atoms with E-state index >= 15 is 0 Å². The molecule has 0 atom stereocenters. The smallest absolute Gasteiger partial charge is 0.144 e. The van der Waals surface area contributed by atoms with Crippen LogP contribution in [-0.4, -0.2) is 19.1 Å². The molecule has 6 aromatic carbocycles. The number of aryl methyl sites for hydroxylation is 1. The molecule has 0 aliphatic heterocycles. The average molecular weight is 868 g/mol. The molecule has 334 valence electrons. The predicted octanol–water partition coefficient (Wildman–Crippen LogP) is 17.2. The lowest BCUT2D eigenvalue weighted by Crippen LogP contribution is -2.15. The van der Waals surface area contributed by atoms with Gasteiger partial charge in [0.1, 0.15) is 11.6 Å². The lowest BCUT2D eigenvalue weighted by atomic mass is 9.77. The van der Waals surface area contributed by atoms with Gasteiger partial charge in [-0.25, -0.2) is 9.97 Å². The van der Waals surface area contributed by atoms with Crippen LogP contribution in [-0.2, 0) is 0 Å². The number of hydrogen-bond donors (Lipinski definition) is 0. The van der Waals surface area contributed by atoms with Crippen molar-refractivity contribution >= 4 is 17.1 Å². The standard InChI is InChI=1S/C61H65N5/c1-42(2)54-40-50(45-20-10-6-11-21-45)41-55(43(3)4)58(54)64-34-32-62-60(64)48-26-18-30-52(38-48)66(51-28-16-9-17-29-51)53-31-19-27-49(39-53)61-63-33-35-65(61)59-56(46-22-12-7-13-23-46)36-44(5)37-57(59)47-24-14-8-15-25-47/h6,9-11,16-21,26-43,46-47H,7-8,12-15,22-25H2,1-5H3. The Bertz CT molecular complexity index is 2840. The van der Waals surface area contributed by atoms with E-state index in [1.807, 2.05) is 12.4 Å². The minimum atomic E-state index is 0.308. The molecule has 2 aliphatic carbocycles. The number of aromatic nitrogens is 4. The van der Waals surface area contributed by atoms with E-state index in [-0.39, 0.29) is 0 Å². The number of anilines is 3. The summed E-state index contributed by atoms with van der Waals surface area (Å²) in [5, 5.41) is 0. The van der Waals surface area contributed by atoms with Crippen LogP contribution >= 0.6 is 0 Å². The molecule has 10 rings (SSSR count). The molecule has 0 spiro atoms. The highest BCUT2D eigenvalue weighted by molar-refractivity contribution is 5.82. The Morgan fingerprint density at radius 2 is 0.894 bits per heavy atom. The van der Waals surface area contributed by atoms with Crippen LogP contribution in [0.4, 0.5) is 17.1 Å². The number of para-hydroxylation sites is 1. The van der Waals surface area contributed by atoms with Crippen LogP contribution in [0.25, 0.3) is 45.3 Å². The Morgan fingerprint density at radius 1 is 0.455 bits per heavy atom. The molecular weight excluding hydrogens is 803 g/mol. The zero-order valence-electron chi connectivity index (χ0n) is 39.6. The highest BCUT2D eigenvalue weighted by Crippen LogP contribution is 2.45. The van der Waals surface area contributed by atoms with Gasteiger partial charge in [-0.15, -0.1) is 0 Å². The van der Waals surface area contributed by atoms with Gasteiger partial charge in [-0.2, -0.15) is 0 Å². The van der Waals surface area contributed by atoms with Crippen LogP contribution < -0.4 is 4.90 Å². The molecule has 2 fully saturated rings. The molecule has 0 amide bonds. The first-order valence-electron chi connectivity index (χ1n) is 24.8. The summed E-state index contributed by atoms with van der Waals surface area (Å²) in [7, 11) is 0. The van der Waals surface area contributed by atoms with Gasteiger partial charge in [0.15, 0.2) is 0 Å². The zero-order valence-corrected chi connectivity index (χ0v) is 39.6. The maximum absolute atomic E-state index is 5.18. The summed E-state index contributed by atoms with van der Waals surface area (Å²) < 4.78 is 4.79. The van der Waals surface area contributed by atoms with Crippen molar-refractivity contribution in [2.45, 2.75) is 122 Å². The lowest BCUT2D eigenvalue weighted by molar-refractivity contribution is 0.433. The van der Waals surface area contributed by atoms with Gasteiger partial charge in [-0.3, -0.25) is 9.13 Å². The summed E-state index contributed by atoms with van der Waals surface area (Å²) in [6, 6.07) is 49.3. The van der Waals surface area contributed by atoms with Crippen molar-refractivity contribution in [3.05, 3.63) is 186 Å². The van der Waals surface area contributed by atoms with Gasteiger partial charge < -0.3 is 4.90 Å². The van der Waals surface area contributed by atoms with Gasteiger partial charge in [-0.05, 0) is 138 Å². The SMILES string of the molecule is Cc1cc(C2CCCCC2)c(-n2ccnc2-c2cccc(N(c3ccccc3)c3cccc(-c4nccn4-c4c(C(C)C)cc(-c5ccccc5)cc4C(C)C)c3)c2)c(C2CCCCC2)c1. The van der Waals surface area contributed by atoms with Gasteiger partial charge in [0.05, 0.1) is 11.4 Å². The van der Waals surface area contributed by atoms with Crippen molar-refractivity contribution in [1.29, 1.82) is 0 Å². The molecule has 0 bridgehead atoms. The fraction of sp³-hybridized carbons (Fsp3) is 0.311. The molecule has 0 radical (unpaired) electrons. The summed E-state index contributed by atoms with van der Waals surface area (Å²) >= 11 is 0. The molecule has 0 unspecified atom stereocenters. The number of rotatable bonds is 12. The van der Waals surface area contributed by atoms with Crippen molar-refractivity contribution in [3.63, 3.8) is 0 Å². The van der Waals surface area contributed by atoms with Gasteiger partial charge in [0.25, 0.3) is 0 Å².